The van der Waals surface area contributed by atoms with Gasteiger partial charge in [-0.2, -0.15) is 0 Å². The molecule has 0 radical (unpaired) electrons. The molecule has 0 fully saturated rings. The van der Waals surface area contributed by atoms with Gasteiger partial charge in [0.25, 0.3) is 5.91 Å². The lowest BCUT2D eigenvalue weighted by molar-refractivity contribution is 0.0526. The van der Waals surface area contributed by atoms with E-state index in [2.05, 4.69) is 37.5 Å². The molecule has 37 heavy (non-hydrogen) atoms. The van der Waals surface area contributed by atoms with E-state index in [4.69, 9.17) is 16.3 Å². The molecule has 9 nitrogen and oxygen atoms in total. The Kier molecular flexibility index (Phi) is 13.9. The molecule has 3 heterocycles. The van der Waals surface area contributed by atoms with Crippen LogP contribution in [0.4, 0.5) is 15.7 Å². The summed E-state index contributed by atoms with van der Waals surface area (Å²) in [6, 6.07) is 5.21. The molecule has 0 aliphatic heterocycles. The monoisotopic (exact) mass is 546 g/mol. The van der Waals surface area contributed by atoms with Crippen molar-refractivity contribution in [3.63, 3.8) is 0 Å². The summed E-state index contributed by atoms with van der Waals surface area (Å²) >= 11 is 7.50. The summed E-state index contributed by atoms with van der Waals surface area (Å²) < 4.78 is 5.15. The maximum Gasteiger partial charge on any atom is 0.407 e. The molecular formula is C26H35ClN6O3S. The Hall–Kier alpha value is -3.50. The first-order valence-corrected chi connectivity index (χ1v) is 12.9. The molecule has 0 atom stereocenters. The van der Waals surface area contributed by atoms with Crippen LogP contribution in [-0.2, 0) is 4.74 Å². The van der Waals surface area contributed by atoms with Crippen LogP contribution in [0.5, 0.6) is 0 Å². The highest BCUT2D eigenvalue weighted by Gasteiger charge is 2.16. The number of hydrogen-bond donors (Lipinski definition) is 3. The molecule has 0 aromatic carbocycles. The number of nitrogens with zero attached hydrogens (tertiary/aromatic N) is 3. The summed E-state index contributed by atoms with van der Waals surface area (Å²) in [5, 5.41) is 9.52. The molecule has 3 N–H and O–H groups in total. The molecule has 0 saturated heterocycles. The third kappa shape index (κ3) is 11.9. The van der Waals surface area contributed by atoms with Crippen molar-refractivity contribution in [1.29, 1.82) is 0 Å². The molecule has 11 heteroatoms. The van der Waals surface area contributed by atoms with Gasteiger partial charge in [0, 0.05) is 43.4 Å². The van der Waals surface area contributed by atoms with Crippen molar-refractivity contribution in [3.05, 3.63) is 66.2 Å². The quantitative estimate of drug-likeness (QED) is 0.229. The van der Waals surface area contributed by atoms with Crippen LogP contribution in [-0.4, -0.2) is 45.6 Å². The van der Waals surface area contributed by atoms with Gasteiger partial charge in [-0.25, -0.2) is 14.8 Å². The van der Waals surface area contributed by atoms with Crippen LogP contribution in [0.3, 0.4) is 0 Å². The van der Waals surface area contributed by atoms with Gasteiger partial charge in [-0.3, -0.25) is 9.78 Å². The van der Waals surface area contributed by atoms with E-state index >= 15 is 0 Å². The van der Waals surface area contributed by atoms with E-state index in [1.165, 1.54) is 17.5 Å². The van der Waals surface area contributed by atoms with Gasteiger partial charge in [-0.1, -0.05) is 42.9 Å². The second kappa shape index (κ2) is 16.3. The lowest BCUT2D eigenvalue weighted by Crippen LogP contribution is -2.37. The number of thiazole rings is 1. The van der Waals surface area contributed by atoms with Crippen LogP contribution in [0.1, 0.15) is 51.9 Å². The molecule has 0 spiro atoms. The van der Waals surface area contributed by atoms with Gasteiger partial charge < -0.3 is 20.7 Å². The Balaban J connectivity index is 0.00000127. The number of carbonyl (C=O) groups is 2. The maximum atomic E-state index is 12.4. The fourth-order valence-corrected chi connectivity index (χ4v) is 3.47. The van der Waals surface area contributed by atoms with E-state index in [-0.39, 0.29) is 19.0 Å². The van der Waals surface area contributed by atoms with E-state index < -0.39 is 11.7 Å². The van der Waals surface area contributed by atoms with Crippen LogP contribution in [0.25, 0.3) is 10.4 Å². The average molecular weight is 547 g/mol. The van der Waals surface area contributed by atoms with Crippen molar-refractivity contribution in [1.82, 2.24) is 25.6 Å². The Labute approximate surface area is 227 Å². The Morgan fingerprint density at radius 2 is 1.81 bits per heavy atom. The molecule has 3 aromatic heterocycles. The number of halogens is 1. The SMILES string of the molecule is C=CC.CC.CC(C)(C)OC(=O)NCCNC(=O)c1cncc(-c2cnc(Nc3ncccc3Cl)s2)c1. The van der Waals surface area contributed by atoms with Crippen molar-refractivity contribution in [2.75, 3.05) is 18.4 Å². The van der Waals surface area contributed by atoms with E-state index in [1.807, 2.05) is 20.8 Å². The van der Waals surface area contributed by atoms with Crippen molar-refractivity contribution < 1.29 is 14.3 Å². The van der Waals surface area contributed by atoms with E-state index in [0.717, 1.165) is 10.4 Å². The van der Waals surface area contributed by atoms with Crippen LogP contribution >= 0.6 is 22.9 Å². The molecule has 3 aromatic rings. The van der Waals surface area contributed by atoms with Gasteiger partial charge in [0.2, 0.25) is 0 Å². The first kappa shape index (κ1) is 31.5. The average Bonchev–Trinajstić information content (AvgIpc) is 3.33. The molecule has 0 unspecified atom stereocenters. The Morgan fingerprint density at radius 1 is 1.14 bits per heavy atom. The highest BCUT2D eigenvalue weighted by Crippen LogP contribution is 2.31. The number of pyridine rings is 2. The zero-order valence-corrected chi connectivity index (χ0v) is 23.7. The zero-order chi connectivity index (χ0) is 27.8. The summed E-state index contributed by atoms with van der Waals surface area (Å²) in [5.41, 5.74) is 0.577. The molecule has 2 amide bonds. The number of amides is 2. The molecule has 0 saturated carbocycles. The van der Waals surface area contributed by atoms with E-state index in [9.17, 15) is 9.59 Å². The van der Waals surface area contributed by atoms with Crippen LogP contribution in [0, 0.1) is 0 Å². The summed E-state index contributed by atoms with van der Waals surface area (Å²) in [5.74, 6) is 0.217. The number of hydrogen-bond acceptors (Lipinski definition) is 8. The predicted molar refractivity (Wildman–Crippen MR) is 152 cm³/mol. The second-order valence-electron chi connectivity index (χ2n) is 8.04. The maximum absolute atomic E-state index is 12.4. The normalized spacial score (nSPS) is 10.0. The summed E-state index contributed by atoms with van der Waals surface area (Å²) in [6.45, 7) is 15.1. The zero-order valence-electron chi connectivity index (χ0n) is 22.1. The molecule has 3 rings (SSSR count). The highest BCUT2D eigenvalue weighted by atomic mass is 35.5. The first-order chi connectivity index (χ1) is 17.6. The van der Waals surface area contributed by atoms with Crippen molar-refractivity contribution >= 4 is 45.9 Å². The lowest BCUT2D eigenvalue weighted by atomic mass is 10.2. The first-order valence-electron chi connectivity index (χ1n) is 11.7. The van der Waals surface area contributed by atoms with Gasteiger partial charge in [0.1, 0.15) is 5.60 Å². The fourth-order valence-electron chi connectivity index (χ4n) is 2.50. The van der Waals surface area contributed by atoms with Gasteiger partial charge in [-0.15, -0.1) is 6.58 Å². The third-order valence-electron chi connectivity index (χ3n) is 3.85. The number of aromatic nitrogens is 3. The minimum absolute atomic E-state index is 0.244. The standard InChI is InChI=1S/C21H23ClN6O3S.C3H6.C2H6/c1-21(2,3)31-20(30)26-8-7-25-18(29)14-9-13(10-23-11-14)16-12-27-19(32-16)28-17-15(22)5-4-6-24-17;1-3-2;1-2/h4-6,9-12H,7-8H2,1-3H3,(H,25,29)(H,26,30)(H,24,27,28);3H,1H2,2H3;1-2H3. The lowest BCUT2D eigenvalue weighted by Gasteiger charge is -2.19. The molecule has 0 bridgehead atoms. The van der Waals surface area contributed by atoms with Crippen LogP contribution < -0.4 is 16.0 Å². The molecule has 0 aliphatic rings. The number of rotatable bonds is 7. The van der Waals surface area contributed by atoms with Gasteiger partial charge >= 0.3 is 6.09 Å². The number of ether oxygens (including phenoxy) is 1. The number of alkyl carbamates (subject to hydrolysis) is 1. The van der Waals surface area contributed by atoms with Gasteiger partial charge in [0.15, 0.2) is 10.9 Å². The largest absolute Gasteiger partial charge is 0.444 e. The number of nitrogens with one attached hydrogen (secondary N) is 3. The molecule has 200 valence electrons. The summed E-state index contributed by atoms with van der Waals surface area (Å²) in [7, 11) is 0. The second-order valence-corrected chi connectivity index (χ2v) is 9.48. The summed E-state index contributed by atoms with van der Waals surface area (Å²) in [4.78, 5) is 37.6. The Morgan fingerprint density at radius 3 is 2.46 bits per heavy atom. The van der Waals surface area contributed by atoms with Gasteiger partial charge in [-0.05, 0) is 45.9 Å². The highest BCUT2D eigenvalue weighted by molar-refractivity contribution is 7.18. The predicted octanol–water partition coefficient (Wildman–Crippen LogP) is 6.47. The summed E-state index contributed by atoms with van der Waals surface area (Å²) in [6.07, 6.45) is 7.68. The number of anilines is 2. The molecule has 0 aliphatic carbocycles. The third-order valence-corrected chi connectivity index (χ3v) is 5.12. The van der Waals surface area contributed by atoms with E-state index in [1.54, 1.807) is 63.6 Å². The minimum Gasteiger partial charge on any atom is -0.444 e. The van der Waals surface area contributed by atoms with Gasteiger partial charge in [0.05, 0.1) is 15.5 Å². The van der Waals surface area contributed by atoms with Crippen molar-refractivity contribution in [2.24, 2.45) is 0 Å². The number of carbonyl (C=O) groups excluding carboxylic acids is 2. The van der Waals surface area contributed by atoms with E-state index in [0.29, 0.717) is 21.5 Å². The fraction of sp³-hybridized carbons (Fsp3) is 0.346. The van der Waals surface area contributed by atoms with Crippen LogP contribution in [0.15, 0.2) is 55.6 Å². The van der Waals surface area contributed by atoms with Crippen LogP contribution in [0.2, 0.25) is 5.02 Å². The topological polar surface area (TPSA) is 118 Å². The Bertz CT molecular complexity index is 1150. The number of allylic oxidation sites excluding steroid dienone is 1. The molecular weight excluding hydrogens is 512 g/mol. The minimum atomic E-state index is -0.574. The van der Waals surface area contributed by atoms with Crippen molar-refractivity contribution in [3.8, 4) is 10.4 Å². The van der Waals surface area contributed by atoms with Crippen molar-refractivity contribution in [2.45, 2.75) is 47.1 Å². The smallest absolute Gasteiger partial charge is 0.407 e.